The maximum absolute atomic E-state index is 12.9. The van der Waals surface area contributed by atoms with Crippen molar-refractivity contribution in [3.8, 4) is 5.75 Å². The molecule has 1 N–H and O–H groups in total. The summed E-state index contributed by atoms with van der Waals surface area (Å²) in [4.78, 5) is 22.2. The van der Waals surface area contributed by atoms with Gasteiger partial charge >= 0.3 is 0 Å². The van der Waals surface area contributed by atoms with E-state index >= 15 is 0 Å². The van der Waals surface area contributed by atoms with E-state index in [1.54, 1.807) is 18.9 Å². The van der Waals surface area contributed by atoms with E-state index in [2.05, 4.69) is 15.1 Å². The molecular weight excluding hydrogens is 308 g/mol. The van der Waals surface area contributed by atoms with E-state index in [-0.39, 0.29) is 11.9 Å². The highest BCUT2D eigenvalue weighted by molar-refractivity contribution is 5.98. The third-order valence-electron chi connectivity index (χ3n) is 4.40. The lowest BCUT2D eigenvalue weighted by atomic mass is 10.2. The van der Waals surface area contributed by atoms with Crippen LogP contribution in [0.3, 0.4) is 0 Å². The second-order valence-electron chi connectivity index (χ2n) is 5.97. The number of carbonyl (C=O) groups excluding carboxylic acids is 1. The van der Waals surface area contributed by atoms with Crippen LogP contribution >= 0.6 is 0 Å². The van der Waals surface area contributed by atoms with Crippen molar-refractivity contribution in [2.45, 2.75) is 25.8 Å². The SMILES string of the molecule is COc1ccc2cc(C(=O)N3CCCC3c3nc(C)no3)[nH]c2c1. The molecule has 24 heavy (non-hydrogen) atoms. The van der Waals surface area contributed by atoms with Crippen LogP contribution in [-0.4, -0.2) is 39.6 Å². The van der Waals surface area contributed by atoms with Crippen molar-refractivity contribution in [1.82, 2.24) is 20.0 Å². The fraction of sp³-hybridized carbons (Fsp3) is 0.353. The van der Waals surface area contributed by atoms with E-state index in [0.717, 1.165) is 29.5 Å². The number of aromatic amines is 1. The Morgan fingerprint density at radius 1 is 1.42 bits per heavy atom. The number of methoxy groups -OCH3 is 1. The number of rotatable bonds is 3. The molecule has 0 saturated carbocycles. The average molecular weight is 326 g/mol. The van der Waals surface area contributed by atoms with Crippen molar-refractivity contribution in [3.05, 3.63) is 41.7 Å². The first-order valence-corrected chi connectivity index (χ1v) is 7.93. The number of hydrogen-bond donors (Lipinski definition) is 1. The molecule has 1 aliphatic rings. The minimum Gasteiger partial charge on any atom is -0.497 e. The summed E-state index contributed by atoms with van der Waals surface area (Å²) in [7, 11) is 1.62. The van der Waals surface area contributed by atoms with E-state index in [4.69, 9.17) is 9.26 Å². The summed E-state index contributed by atoms with van der Waals surface area (Å²) in [6, 6.07) is 7.41. The third-order valence-corrected chi connectivity index (χ3v) is 4.40. The molecule has 1 amide bonds. The van der Waals surface area contributed by atoms with Crippen molar-refractivity contribution >= 4 is 16.8 Å². The summed E-state index contributed by atoms with van der Waals surface area (Å²) >= 11 is 0. The van der Waals surface area contributed by atoms with Crippen LogP contribution in [0.2, 0.25) is 0 Å². The Labute approximate surface area is 138 Å². The second-order valence-corrected chi connectivity index (χ2v) is 5.97. The second kappa shape index (κ2) is 5.67. The number of aryl methyl sites for hydroxylation is 1. The van der Waals surface area contributed by atoms with Crippen LogP contribution in [-0.2, 0) is 0 Å². The number of nitrogens with zero attached hydrogens (tertiary/aromatic N) is 3. The van der Waals surface area contributed by atoms with Crippen LogP contribution < -0.4 is 4.74 Å². The van der Waals surface area contributed by atoms with Crippen LogP contribution in [0.25, 0.3) is 10.9 Å². The van der Waals surface area contributed by atoms with Crippen LogP contribution in [0.4, 0.5) is 0 Å². The van der Waals surface area contributed by atoms with Gasteiger partial charge in [-0.05, 0) is 38.0 Å². The minimum atomic E-state index is -0.153. The Hall–Kier alpha value is -2.83. The predicted molar refractivity (Wildman–Crippen MR) is 86.9 cm³/mol. The van der Waals surface area contributed by atoms with Crippen LogP contribution in [0.15, 0.2) is 28.8 Å². The number of H-pyrrole nitrogens is 1. The molecule has 2 aromatic heterocycles. The number of hydrogen-bond acceptors (Lipinski definition) is 5. The Kier molecular flexibility index (Phi) is 3.48. The lowest BCUT2D eigenvalue weighted by molar-refractivity contribution is 0.0705. The number of likely N-dealkylation sites (tertiary alicyclic amines) is 1. The number of ether oxygens (including phenoxy) is 1. The van der Waals surface area contributed by atoms with Crippen LogP contribution in [0.1, 0.15) is 41.1 Å². The maximum Gasteiger partial charge on any atom is 0.270 e. The molecule has 1 aromatic carbocycles. The standard InChI is InChI=1S/C17H18N4O3/c1-10-18-16(24-20-10)15-4-3-7-21(15)17(22)14-8-11-5-6-12(23-2)9-13(11)19-14/h5-6,8-9,15,19H,3-4,7H2,1-2H3. The number of carbonyl (C=O) groups is 1. The molecule has 1 saturated heterocycles. The van der Waals surface area contributed by atoms with Gasteiger partial charge in [-0.25, -0.2) is 0 Å². The van der Waals surface area contributed by atoms with Gasteiger partial charge in [-0.3, -0.25) is 4.79 Å². The largest absolute Gasteiger partial charge is 0.497 e. The molecule has 0 aliphatic carbocycles. The topological polar surface area (TPSA) is 84.2 Å². The lowest BCUT2D eigenvalue weighted by Crippen LogP contribution is -2.31. The minimum absolute atomic E-state index is 0.0523. The molecule has 1 unspecified atom stereocenters. The van der Waals surface area contributed by atoms with E-state index in [1.807, 2.05) is 24.3 Å². The zero-order valence-electron chi connectivity index (χ0n) is 13.6. The van der Waals surface area contributed by atoms with Crippen molar-refractivity contribution in [2.24, 2.45) is 0 Å². The van der Waals surface area contributed by atoms with Crippen molar-refractivity contribution < 1.29 is 14.1 Å². The fourth-order valence-corrected chi connectivity index (χ4v) is 3.22. The van der Waals surface area contributed by atoms with Crippen LogP contribution in [0, 0.1) is 6.92 Å². The number of fused-ring (bicyclic) bond motifs is 1. The summed E-state index contributed by atoms with van der Waals surface area (Å²) in [5, 5.41) is 4.81. The molecule has 7 nitrogen and oxygen atoms in total. The molecule has 0 radical (unpaired) electrons. The van der Waals surface area contributed by atoms with Crippen LogP contribution in [0.5, 0.6) is 5.75 Å². The van der Waals surface area contributed by atoms with Gasteiger partial charge in [0.15, 0.2) is 5.82 Å². The highest BCUT2D eigenvalue weighted by atomic mass is 16.5. The summed E-state index contributed by atoms with van der Waals surface area (Å²) in [6.45, 7) is 2.46. The van der Waals surface area contributed by atoms with E-state index in [9.17, 15) is 4.79 Å². The van der Waals surface area contributed by atoms with E-state index in [0.29, 0.717) is 24.0 Å². The first kappa shape index (κ1) is 14.7. The monoisotopic (exact) mass is 326 g/mol. The molecule has 7 heteroatoms. The van der Waals surface area contributed by atoms with E-state index in [1.165, 1.54) is 0 Å². The smallest absolute Gasteiger partial charge is 0.270 e. The Morgan fingerprint density at radius 3 is 3.04 bits per heavy atom. The van der Waals surface area contributed by atoms with Gasteiger partial charge in [-0.2, -0.15) is 4.98 Å². The molecule has 1 aliphatic heterocycles. The first-order valence-electron chi connectivity index (χ1n) is 7.93. The first-order chi connectivity index (χ1) is 11.7. The zero-order chi connectivity index (χ0) is 16.7. The van der Waals surface area contributed by atoms with Gasteiger partial charge in [0.1, 0.15) is 17.5 Å². The molecule has 4 rings (SSSR count). The van der Waals surface area contributed by atoms with Gasteiger partial charge in [0.2, 0.25) is 5.89 Å². The van der Waals surface area contributed by atoms with Gasteiger partial charge in [-0.1, -0.05) is 5.16 Å². The van der Waals surface area contributed by atoms with Gasteiger partial charge < -0.3 is 19.1 Å². The Balaban J connectivity index is 1.65. The molecule has 0 bridgehead atoms. The van der Waals surface area contributed by atoms with E-state index < -0.39 is 0 Å². The van der Waals surface area contributed by atoms with Gasteiger partial charge in [0.05, 0.1) is 7.11 Å². The molecule has 3 aromatic rings. The highest BCUT2D eigenvalue weighted by Crippen LogP contribution is 2.32. The number of benzene rings is 1. The van der Waals surface area contributed by atoms with Gasteiger partial charge in [-0.15, -0.1) is 0 Å². The Morgan fingerprint density at radius 2 is 2.29 bits per heavy atom. The molecule has 1 fully saturated rings. The molecular formula is C17H18N4O3. The Bertz CT molecular complexity index is 898. The normalized spacial score (nSPS) is 17.6. The summed E-state index contributed by atoms with van der Waals surface area (Å²) in [6.07, 6.45) is 1.76. The predicted octanol–water partition coefficient (Wildman–Crippen LogP) is 2.85. The molecule has 124 valence electrons. The zero-order valence-corrected chi connectivity index (χ0v) is 13.6. The molecule has 3 heterocycles. The lowest BCUT2D eigenvalue weighted by Gasteiger charge is -2.21. The van der Waals surface area contributed by atoms with Gasteiger partial charge in [0, 0.05) is 23.5 Å². The van der Waals surface area contributed by atoms with Crippen molar-refractivity contribution in [3.63, 3.8) is 0 Å². The third kappa shape index (κ3) is 2.42. The fourth-order valence-electron chi connectivity index (χ4n) is 3.22. The quantitative estimate of drug-likeness (QED) is 0.800. The number of aromatic nitrogens is 3. The number of nitrogens with one attached hydrogen (secondary N) is 1. The summed E-state index contributed by atoms with van der Waals surface area (Å²) in [5.41, 5.74) is 1.43. The van der Waals surface area contributed by atoms with Crippen molar-refractivity contribution in [1.29, 1.82) is 0 Å². The highest BCUT2D eigenvalue weighted by Gasteiger charge is 2.34. The summed E-state index contributed by atoms with van der Waals surface area (Å²) in [5.74, 6) is 1.80. The van der Waals surface area contributed by atoms with Gasteiger partial charge in [0.25, 0.3) is 5.91 Å². The molecule has 0 spiro atoms. The summed E-state index contributed by atoms with van der Waals surface area (Å²) < 4.78 is 10.5. The number of amides is 1. The average Bonchev–Trinajstić information content (AvgIpc) is 3.31. The molecule has 1 atom stereocenters. The maximum atomic E-state index is 12.9. The van der Waals surface area contributed by atoms with Crippen molar-refractivity contribution in [2.75, 3.05) is 13.7 Å².